The molecule has 0 nitrogen and oxygen atoms in total. The van der Waals surface area contributed by atoms with Crippen LogP contribution in [0.5, 0.6) is 0 Å². The highest BCUT2D eigenvalue weighted by atomic mass is 14.3. The molecule has 29 heavy (non-hydrogen) atoms. The second-order valence-electron chi connectivity index (χ2n) is 9.43. The Kier molecular flexibility index (Phi) is 6.90. The van der Waals surface area contributed by atoms with Crippen LogP contribution in [-0.4, -0.2) is 0 Å². The zero-order valence-electron chi connectivity index (χ0n) is 18.5. The van der Waals surface area contributed by atoms with Crippen molar-refractivity contribution in [2.75, 3.05) is 0 Å². The lowest BCUT2D eigenvalue weighted by atomic mass is 9.76. The molecule has 0 amide bonds. The molecule has 154 valence electrons. The maximum atomic E-state index is 2.45. The molecule has 0 heteroatoms. The quantitative estimate of drug-likeness (QED) is 0.439. The van der Waals surface area contributed by atoms with Crippen LogP contribution in [0.2, 0.25) is 0 Å². The first kappa shape index (κ1) is 20.5. The number of aryl methyl sites for hydroxylation is 2. The predicted octanol–water partition coefficient (Wildman–Crippen LogP) is 8.15. The van der Waals surface area contributed by atoms with Gasteiger partial charge in [0, 0.05) is 0 Å². The Morgan fingerprint density at radius 3 is 2.24 bits per heavy atom. The molecule has 0 N–H and O–H groups in total. The lowest BCUT2D eigenvalue weighted by Gasteiger charge is -2.29. The standard InChI is InChI=1S/C29H38/c1-3-5-6-7-23-9-11-24(12-10-23)25-14-16-26(17-15-25)28-19-18-27-20-22(4-2)8-13-29(27)21-28/h3,5,8,13-17,20,23-24,28H,4,6-7,9-12,18-19,21H2,1-2H3/b5-3+. The fourth-order valence-corrected chi connectivity index (χ4v) is 5.64. The molecule has 1 fully saturated rings. The summed E-state index contributed by atoms with van der Waals surface area (Å²) in [7, 11) is 0. The van der Waals surface area contributed by atoms with Crippen LogP contribution in [0, 0.1) is 5.92 Å². The van der Waals surface area contributed by atoms with Crippen LogP contribution in [0.1, 0.15) is 98.4 Å². The molecule has 2 aliphatic rings. The topological polar surface area (TPSA) is 0 Å². The Morgan fingerprint density at radius 2 is 1.55 bits per heavy atom. The van der Waals surface area contributed by atoms with Gasteiger partial charge >= 0.3 is 0 Å². The van der Waals surface area contributed by atoms with Gasteiger partial charge < -0.3 is 0 Å². The predicted molar refractivity (Wildman–Crippen MR) is 126 cm³/mol. The molecular formula is C29H38. The smallest absolute Gasteiger partial charge is 0.0118 e. The number of benzene rings is 2. The maximum absolute atomic E-state index is 2.45. The van der Waals surface area contributed by atoms with E-state index in [1.165, 1.54) is 63.4 Å². The van der Waals surface area contributed by atoms with E-state index < -0.39 is 0 Å². The molecule has 0 saturated heterocycles. The molecule has 1 saturated carbocycles. The summed E-state index contributed by atoms with van der Waals surface area (Å²) in [6, 6.07) is 17.0. The minimum absolute atomic E-state index is 0.700. The Bertz CT molecular complexity index is 802. The van der Waals surface area contributed by atoms with Crippen molar-refractivity contribution in [2.45, 2.75) is 89.9 Å². The lowest BCUT2D eigenvalue weighted by Crippen LogP contribution is -2.14. The van der Waals surface area contributed by atoms with Crippen molar-refractivity contribution >= 4 is 0 Å². The van der Waals surface area contributed by atoms with Crippen LogP contribution in [0.3, 0.4) is 0 Å². The van der Waals surface area contributed by atoms with Crippen LogP contribution in [0.4, 0.5) is 0 Å². The van der Waals surface area contributed by atoms with Crippen molar-refractivity contribution < 1.29 is 0 Å². The minimum Gasteiger partial charge on any atom is -0.0917 e. The number of hydrogen-bond donors (Lipinski definition) is 0. The van der Waals surface area contributed by atoms with E-state index in [0.29, 0.717) is 5.92 Å². The molecule has 1 atom stereocenters. The monoisotopic (exact) mass is 386 g/mol. The first-order chi connectivity index (χ1) is 14.3. The number of fused-ring (bicyclic) bond motifs is 1. The van der Waals surface area contributed by atoms with E-state index in [0.717, 1.165) is 18.3 Å². The van der Waals surface area contributed by atoms with E-state index in [9.17, 15) is 0 Å². The highest BCUT2D eigenvalue weighted by Gasteiger charge is 2.23. The van der Waals surface area contributed by atoms with Gasteiger partial charge in [-0.3, -0.25) is 0 Å². The van der Waals surface area contributed by atoms with Crippen LogP contribution < -0.4 is 0 Å². The summed E-state index contributed by atoms with van der Waals surface area (Å²) in [4.78, 5) is 0. The third-order valence-corrected chi connectivity index (χ3v) is 7.61. The van der Waals surface area contributed by atoms with Gasteiger partial charge in [-0.05, 0) is 117 Å². The van der Waals surface area contributed by atoms with Crippen molar-refractivity contribution in [2.24, 2.45) is 5.92 Å². The second-order valence-corrected chi connectivity index (χ2v) is 9.43. The lowest BCUT2D eigenvalue weighted by molar-refractivity contribution is 0.312. The molecule has 0 aliphatic heterocycles. The summed E-state index contributed by atoms with van der Waals surface area (Å²) in [6.45, 7) is 4.39. The first-order valence-corrected chi connectivity index (χ1v) is 12.1. The average Bonchev–Trinajstić information content (AvgIpc) is 2.79. The van der Waals surface area contributed by atoms with Crippen molar-refractivity contribution in [3.63, 3.8) is 0 Å². The van der Waals surface area contributed by atoms with Gasteiger partial charge in [-0.1, -0.05) is 61.5 Å². The zero-order chi connectivity index (χ0) is 20.1. The van der Waals surface area contributed by atoms with E-state index >= 15 is 0 Å². The van der Waals surface area contributed by atoms with Crippen molar-refractivity contribution in [3.8, 4) is 0 Å². The fraction of sp³-hybridized carbons (Fsp3) is 0.517. The molecule has 0 spiro atoms. The molecular weight excluding hydrogens is 348 g/mol. The Hall–Kier alpha value is -1.82. The van der Waals surface area contributed by atoms with Gasteiger partial charge in [0.15, 0.2) is 0 Å². The Morgan fingerprint density at radius 1 is 0.828 bits per heavy atom. The fourth-order valence-electron chi connectivity index (χ4n) is 5.64. The van der Waals surface area contributed by atoms with E-state index in [-0.39, 0.29) is 0 Å². The molecule has 2 aromatic carbocycles. The third kappa shape index (κ3) is 5.03. The Labute approximate surface area is 178 Å². The zero-order valence-corrected chi connectivity index (χ0v) is 18.5. The molecule has 2 aromatic rings. The largest absolute Gasteiger partial charge is 0.0917 e. The van der Waals surface area contributed by atoms with Crippen molar-refractivity contribution in [1.82, 2.24) is 0 Å². The van der Waals surface area contributed by atoms with Crippen LogP contribution in [0.15, 0.2) is 54.6 Å². The summed E-state index contributed by atoms with van der Waals surface area (Å²) >= 11 is 0. The molecule has 1 unspecified atom stereocenters. The summed E-state index contributed by atoms with van der Waals surface area (Å²) in [5.74, 6) is 2.45. The van der Waals surface area contributed by atoms with Crippen LogP contribution in [0.25, 0.3) is 0 Å². The molecule has 2 aliphatic carbocycles. The SMILES string of the molecule is C/C=C/CCC1CCC(c2ccc(C3CCc4cc(CC)ccc4C3)cc2)CC1. The van der Waals surface area contributed by atoms with Crippen LogP contribution in [-0.2, 0) is 19.3 Å². The van der Waals surface area contributed by atoms with Crippen LogP contribution >= 0.6 is 0 Å². The second kappa shape index (κ2) is 9.79. The maximum Gasteiger partial charge on any atom is -0.0118 e. The summed E-state index contributed by atoms with van der Waals surface area (Å²) in [5.41, 5.74) is 7.81. The van der Waals surface area contributed by atoms with E-state index in [2.05, 4.69) is 68.5 Å². The van der Waals surface area contributed by atoms with Gasteiger partial charge in [-0.15, -0.1) is 0 Å². The van der Waals surface area contributed by atoms with E-state index in [1.807, 2.05) is 0 Å². The molecule has 0 aromatic heterocycles. The average molecular weight is 387 g/mol. The highest BCUT2D eigenvalue weighted by molar-refractivity contribution is 5.38. The van der Waals surface area contributed by atoms with Gasteiger partial charge in [-0.25, -0.2) is 0 Å². The number of allylic oxidation sites excluding steroid dienone is 2. The van der Waals surface area contributed by atoms with Gasteiger partial charge in [0.2, 0.25) is 0 Å². The summed E-state index contributed by atoms with van der Waals surface area (Å²) < 4.78 is 0. The normalized spacial score (nSPS) is 24.6. The third-order valence-electron chi connectivity index (χ3n) is 7.61. The van der Waals surface area contributed by atoms with Crippen molar-refractivity contribution in [3.05, 3.63) is 82.4 Å². The van der Waals surface area contributed by atoms with Crippen molar-refractivity contribution in [1.29, 1.82) is 0 Å². The van der Waals surface area contributed by atoms with Gasteiger partial charge in [0.05, 0.1) is 0 Å². The molecule has 0 heterocycles. The summed E-state index contributed by atoms with van der Waals surface area (Å²) in [5, 5.41) is 0. The number of rotatable bonds is 6. The van der Waals surface area contributed by atoms with Gasteiger partial charge in [0.25, 0.3) is 0 Å². The Balaban J connectivity index is 1.34. The van der Waals surface area contributed by atoms with E-state index in [1.54, 1.807) is 22.3 Å². The molecule has 0 bridgehead atoms. The summed E-state index contributed by atoms with van der Waals surface area (Å²) in [6.07, 6.45) is 17.7. The van der Waals surface area contributed by atoms with E-state index in [4.69, 9.17) is 0 Å². The molecule has 4 rings (SSSR count). The molecule has 0 radical (unpaired) electrons. The highest BCUT2D eigenvalue weighted by Crippen LogP contribution is 2.39. The number of hydrogen-bond acceptors (Lipinski definition) is 0. The first-order valence-electron chi connectivity index (χ1n) is 12.1. The van der Waals surface area contributed by atoms with Gasteiger partial charge in [0.1, 0.15) is 0 Å². The minimum atomic E-state index is 0.700. The van der Waals surface area contributed by atoms with Gasteiger partial charge in [-0.2, -0.15) is 0 Å².